The quantitative estimate of drug-likeness (QED) is 0.150. The number of rotatable bonds is 10. The van der Waals surface area contributed by atoms with Gasteiger partial charge in [0.05, 0.1) is 6.61 Å². The number of hydrogen-bond acceptors (Lipinski definition) is 7. The smallest absolute Gasteiger partial charge is 0.317 e. The predicted octanol–water partition coefficient (Wildman–Crippen LogP) is 9.11. The molecule has 3 rings (SSSR count). The molecule has 7 heteroatoms. The Labute approximate surface area is 299 Å². The Bertz CT molecular complexity index is 1230. The summed E-state index contributed by atoms with van der Waals surface area (Å²) < 4.78 is 11.0. The van der Waals surface area contributed by atoms with Gasteiger partial charge in [-0.25, -0.2) is 0 Å². The number of benzene rings is 1. The molecule has 49 heavy (non-hydrogen) atoms. The SMILES string of the molecule is CN1C(C)(C)CC(C(CCCOC(=O)CC(=O)OCc2ccc(O)cc2)C2CC(C)(C)N(C)C(C)(C)C2C(C)(C)C)C(C(C)(C)C)C1(C)C. The van der Waals surface area contributed by atoms with Crippen LogP contribution in [0.2, 0.25) is 0 Å². The number of esters is 2. The normalized spacial score (nSPS) is 27.7. The zero-order chi connectivity index (χ0) is 37.5. The van der Waals surface area contributed by atoms with Crippen LogP contribution < -0.4 is 0 Å². The molecule has 4 unspecified atom stereocenters. The first-order chi connectivity index (χ1) is 22.1. The molecule has 2 aliphatic rings. The van der Waals surface area contributed by atoms with Gasteiger partial charge in [0.1, 0.15) is 18.8 Å². The van der Waals surface area contributed by atoms with E-state index in [0.717, 1.165) is 31.2 Å². The van der Waals surface area contributed by atoms with Gasteiger partial charge in [-0.3, -0.25) is 19.4 Å². The van der Waals surface area contributed by atoms with E-state index in [1.165, 1.54) is 0 Å². The maximum Gasteiger partial charge on any atom is 0.317 e. The molecule has 0 aromatic heterocycles. The molecular formula is C42H72N2O5. The topological polar surface area (TPSA) is 79.3 Å². The summed E-state index contributed by atoms with van der Waals surface area (Å²) in [6.45, 7) is 34.4. The summed E-state index contributed by atoms with van der Waals surface area (Å²) in [6, 6.07) is 6.45. The number of phenols is 1. The molecular weight excluding hydrogens is 612 g/mol. The van der Waals surface area contributed by atoms with E-state index in [4.69, 9.17) is 9.47 Å². The number of ether oxygens (including phenoxy) is 2. The van der Waals surface area contributed by atoms with Gasteiger partial charge in [0.15, 0.2) is 0 Å². The van der Waals surface area contributed by atoms with Crippen LogP contribution in [-0.2, 0) is 25.7 Å². The molecule has 2 heterocycles. The second-order valence-electron chi connectivity index (χ2n) is 20.0. The summed E-state index contributed by atoms with van der Waals surface area (Å²) in [4.78, 5) is 30.5. The number of carbonyl (C=O) groups is 2. The third kappa shape index (κ3) is 9.22. The summed E-state index contributed by atoms with van der Waals surface area (Å²) >= 11 is 0. The van der Waals surface area contributed by atoms with Crippen molar-refractivity contribution >= 4 is 11.9 Å². The maximum atomic E-state index is 12.8. The maximum absolute atomic E-state index is 12.8. The third-order valence-corrected chi connectivity index (χ3v) is 12.9. The molecule has 280 valence electrons. The number of hydrogen-bond donors (Lipinski definition) is 1. The van der Waals surface area contributed by atoms with Crippen molar-refractivity contribution in [3.63, 3.8) is 0 Å². The van der Waals surface area contributed by atoms with Gasteiger partial charge in [0, 0.05) is 22.2 Å². The molecule has 2 aliphatic heterocycles. The van der Waals surface area contributed by atoms with E-state index in [-0.39, 0.29) is 45.3 Å². The molecule has 0 spiro atoms. The Hall–Kier alpha value is -2.12. The van der Waals surface area contributed by atoms with Crippen LogP contribution in [0.1, 0.15) is 135 Å². The van der Waals surface area contributed by atoms with Gasteiger partial charge in [0.2, 0.25) is 0 Å². The highest BCUT2D eigenvalue weighted by Gasteiger charge is 2.60. The van der Waals surface area contributed by atoms with Crippen molar-refractivity contribution in [2.75, 3.05) is 20.7 Å². The summed E-state index contributed by atoms with van der Waals surface area (Å²) in [5.41, 5.74) is 0.986. The fourth-order valence-electron chi connectivity index (χ4n) is 11.1. The van der Waals surface area contributed by atoms with Crippen molar-refractivity contribution in [1.82, 2.24) is 9.80 Å². The van der Waals surface area contributed by atoms with Gasteiger partial charge in [-0.1, -0.05) is 53.7 Å². The molecule has 7 nitrogen and oxygen atoms in total. The van der Waals surface area contributed by atoms with Crippen molar-refractivity contribution in [3.05, 3.63) is 29.8 Å². The number of phenolic OH excluding ortho intramolecular Hbond substituents is 1. The van der Waals surface area contributed by atoms with Crippen molar-refractivity contribution in [3.8, 4) is 5.75 Å². The van der Waals surface area contributed by atoms with Gasteiger partial charge in [-0.2, -0.15) is 0 Å². The van der Waals surface area contributed by atoms with Gasteiger partial charge in [-0.15, -0.1) is 0 Å². The van der Waals surface area contributed by atoms with E-state index in [0.29, 0.717) is 36.2 Å². The highest BCUT2D eigenvalue weighted by molar-refractivity contribution is 5.91. The van der Waals surface area contributed by atoms with Crippen molar-refractivity contribution in [2.24, 2.45) is 40.4 Å². The van der Waals surface area contributed by atoms with E-state index >= 15 is 0 Å². The van der Waals surface area contributed by atoms with Crippen LogP contribution in [0.3, 0.4) is 0 Å². The summed E-state index contributed by atoms with van der Waals surface area (Å²) in [5.74, 6) is 1.31. The minimum atomic E-state index is -0.608. The molecule has 0 bridgehead atoms. The Balaban J connectivity index is 1.90. The fraction of sp³-hybridized carbons (Fsp3) is 0.810. The number of piperidine rings is 2. The van der Waals surface area contributed by atoms with Crippen LogP contribution in [0.15, 0.2) is 24.3 Å². The summed E-state index contributed by atoms with van der Waals surface area (Å²) in [7, 11) is 4.64. The lowest BCUT2D eigenvalue weighted by molar-refractivity contribution is -0.172. The molecule has 2 fully saturated rings. The van der Waals surface area contributed by atoms with Gasteiger partial charge in [-0.05, 0) is 153 Å². The van der Waals surface area contributed by atoms with Crippen LogP contribution in [0.5, 0.6) is 5.75 Å². The van der Waals surface area contributed by atoms with Crippen molar-refractivity contribution in [1.29, 1.82) is 0 Å². The van der Waals surface area contributed by atoms with E-state index in [1.807, 2.05) is 0 Å². The highest BCUT2D eigenvalue weighted by Crippen LogP contribution is 2.61. The fourth-order valence-corrected chi connectivity index (χ4v) is 11.1. The second kappa shape index (κ2) is 14.5. The largest absolute Gasteiger partial charge is 0.508 e. The Morgan fingerprint density at radius 2 is 1.16 bits per heavy atom. The van der Waals surface area contributed by atoms with E-state index in [2.05, 4.69) is 121 Å². The lowest BCUT2D eigenvalue weighted by Crippen LogP contribution is -2.69. The number of likely N-dealkylation sites (tertiary alicyclic amines) is 2. The Morgan fingerprint density at radius 3 is 1.57 bits per heavy atom. The first-order valence-corrected chi connectivity index (χ1v) is 18.7. The standard InChI is InChI=1S/C42H72N2O5/c1-37(2,3)35-31(25-39(7,8)43(15)41(35,11)12)30(32-26-40(9,10)44(16)42(13,14)36(32)38(4,5)6)18-17-23-48-33(46)24-34(47)49-27-28-19-21-29(45)22-20-28/h19-22,30-32,35-36,45H,17-18,23-27H2,1-16H3. The Kier molecular flexibility index (Phi) is 12.2. The zero-order valence-corrected chi connectivity index (χ0v) is 34.1. The van der Waals surface area contributed by atoms with E-state index in [1.54, 1.807) is 24.3 Å². The summed E-state index contributed by atoms with van der Waals surface area (Å²) in [5, 5.41) is 9.47. The third-order valence-electron chi connectivity index (χ3n) is 12.9. The Morgan fingerprint density at radius 1 is 0.755 bits per heavy atom. The lowest BCUT2D eigenvalue weighted by atomic mass is 9.48. The molecule has 1 N–H and O–H groups in total. The monoisotopic (exact) mass is 685 g/mol. The molecule has 1 aromatic carbocycles. The molecule has 4 atom stereocenters. The lowest BCUT2D eigenvalue weighted by Gasteiger charge is -2.67. The number of aromatic hydroxyl groups is 1. The van der Waals surface area contributed by atoms with Crippen LogP contribution >= 0.6 is 0 Å². The minimum Gasteiger partial charge on any atom is -0.508 e. The van der Waals surface area contributed by atoms with Crippen molar-refractivity contribution in [2.45, 2.75) is 158 Å². The molecule has 0 saturated carbocycles. The van der Waals surface area contributed by atoms with Crippen LogP contribution in [0.25, 0.3) is 0 Å². The van der Waals surface area contributed by atoms with Gasteiger partial charge in [0.25, 0.3) is 0 Å². The first-order valence-electron chi connectivity index (χ1n) is 18.7. The number of carbonyl (C=O) groups excluding carboxylic acids is 2. The van der Waals surface area contributed by atoms with Crippen LogP contribution in [-0.4, -0.2) is 69.7 Å². The van der Waals surface area contributed by atoms with E-state index < -0.39 is 18.4 Å². The second-order valence-corrected chi connectivity index (χ2v) is 20.0. The minimum absolute atomic E-state index is 0.0103. The number of nitrogens with zero attached hydrogens (tertiary/aromatic N) is 2. The molecule has 1 aromatic rings. The highest BCUT2D eigenvalue weighted by atomic mass is 16.6. The van der Waals surface area contributed by atoms with Crippen LogP contribution in [0, 0.1) is 40.4 Å². The molecule has 0 amide bonds. The summed E-state index contributed by atoms with van der Waals surface area (Å²) in [6.07, 6.45) is 3.56. The molecule has 0 radical (unpaired) electrons. The average Bonchev–Trinajstić information content (AvgIpc) is 2.92. The molecule has 0 aliphatic carbocycles. The van der Waals surface area contributed by atoms with Crippen LogP contribution in [0.4, 0.5) is 0 Å². The van der Waals surface area contributed by atoms with Gasteiger partial charge < -0.3 is 14.6 Å². The van der Waals surface area contributed by atoms with Crippen molar-refractivity contribution < 1.29 is 24.2 Å². The van der Waals surface area contributed by atoms with Gasteiger partial charge >= 0.3 is 11.9 Å². The predicted molar refractivity (Wildman–Crippen MR) is 200 cm³/mol. The first kappa shape index (κ1) is 41.3. The zero-order valence-electron chi connectivity index (χ0n) is 34.1. The average molecular weight is 685 g/mol. The van der Waals surface area contributed by atoms with E-state index in [9.17, 15) is 14.7 Å². The molecule has 2 saturated heterocycles.